The topological polar surface area (TPSA) is 120 Å². The van der Waals surface area contributed by atoms with Crippen molar-refractivity contribution >= 4 is 51.4 Å². The highest BCUT2D eigenvalue weighted by Crippen LogP contribution is 2.37. The van der Waals surface area contributed by atoms with Crippen molar-refractivity contribution in [2.24, 2.45) is 11.1 Å². The van der Waals surface area contributed by atoms with Gasteiger partial charge in [-0.1, -0.05) is 13.8 Å². The molecule has 0 spiro atoms. The number of nitrogens with zero attached hydrogens (tertiary/aromatic N) is 1. The van der Waals surface area contributed by atoms with Crippen molar-refractivity contribution in [1.82, 2.24) is 4.98 Å². The van der Waals surface area contributed by atoms with Crippen LogP contribution in [0.15, 0.2) is 22.5 Å². The Balaban J connectivity index is 2.14. The van der Waals surface area contributed by atoms with Crippen LogP contribution in [0.3, 0.4) is 0 Å². The Morgan fingerprint density at radius 2 is 2.00 bits per heavy atom. The molecule has 2 aromatic rings. The molecule has 0 saturated carbocycles. The molecule has 0 bridgehead atoms. The Bertz CT molecular complexity index is 814. The standard InChI is InChI=1S/C16H18N2O5S2/c1-3-16(4-2,8-12(19)20)14(22)23-25-15-18-10-7-9(13(17)21)5-6-11(10)24-15/h5-7H,3-4,8H2,1-2H3,(H2,17,21)(H,19,20). The fourth-order valence-corrected chi connectivity index (χ4v) is 4.05. The van der Waals surface area contributed by atoms with Crippen molar-refractivity contribution in [2.45, 2.75) is 37.4 Å². The maximum atomic E-state index is 12.4. The first-order valence-corrected chi connectivity index (χ1v) is 9.18. The van der Waals surface area contributed by atoms with Crippen LogP contribution < -0.4 is 5.73 Å². The number of carbonyl (C=O) groups is 3. The second kappa shape index (κ2) is 7.83. The zero-order valence-electron chi connectivity index (χ0n) is 13.8. The highest BCUT2D eigenvalue weighted by Gasteiger charge is 2.39. The summed E-state index contributed by atoms with van der Waals surface area (Å²) in [5.41, 5.74) is 5.13. The summed E-state index contributed by atoms with van der Waals surface area (Å²) in [7, 11) is 0. The van der Waals surface area contributed by atoms with E-state index in [-0.39, 0.29) is 6.42 Å². The molecule has 0 unspecified atom stereocenters. The molecule has 1 aromatic heterocycles. The molecule has 0 saturated heterocycles. The number of primary amides is 1. The average Bonchev–Trinajstić information content (AvgIpc) is 2.99. The third kappa shape index (κ3) is 4.29. The number of benzene rings is 1. The minimum Gasteiger partial charge on any atom is -0.481 e. The van der Waals surface area contributed by atoms with Crippen molar-refractivity contribution in [3.8, 4) is 0 Å². The lowest BCUT2D eigenvalue weighted by molar-refractivity contribution is -0.153. The third-order valence-corrected chi connectivity index (χ3v) is 5.87. The van der Waals surface area contributed by atoms with Crippen LogP contribution in [0.5, 0.6) is 0 Å². The van der Waals surface area contributed by atoms with E-state index in [1.165, 1.54) is 11.3 Å². The molecule has 25 heavy (non-hydrogen) atoms. The van der Waals surface area contributed by atoms with Crippen LogP contribution in [0.4, 0.5) is 0 Å². The predicted octanol–water partition coefficient (Wildman–Crippen LogP) is 3.23. The van der Waals surface area contributed by atoms with E-state index in [0.29, 0.717) is 28.3 Å². The first-order valence-electron chi connectivity index (χ1n) is 7.62. The van der Waals surface area contributed by atoms with Gasteiger partial charge in [-0.05, 0) is 31.0 Å². The summed E-state index contributed by atoms with van der Waals surface area (Å²) in [4.78, 5) is 39.0. The number of rotatable bonds is 8. The van der Waals surface area contributed by atoms with Crippen LogP contribution in [0.25, 0.3) is 10.2 Å². The number of amides is 1. The normalized spacial score (nSPS) is 11.4. The number of carbonyl (C=O) groups excluding carboxylic acids is 2. The van der Waals surface area contributed by atoms with Crippen molar-refractivity contribution in [2.75, 3.05) is 0 Å². The van der Waals surface area contributed by atoms with Crippen LogP contribution in [0.1, 0.15) is 43.5 Å². The summed E-state index contributed by atoms with van der Waals surface area (Å²) in [6.07, 6.45) is 0.467. The maximum Gasteiger partial charge on any atom is 0.325 e. The van der Waals surface area contributed by atoms with Crippen LogP contribution in [-0.2, 0) is 13.8 Å². The Hall–Kier alpha value is -2.13. The van der Waals surface area contributed by atoms with Crippen LogP contribution in [0, 0.1) is 5.41 Å². The molecule has 0 atom stereocenters. The number of thiazole rings is 1. The van der Waals surface area contributed by atoms with Crippen molar-refractivity contribution in [3.63, 3.8) is 0 Å². The number of hydrogen-bond acceptors (Lipinski definition) is 7. The van der Waals surface area contributed by atoms with Gasteiger partial charge in [-0.3, -0.25) is 14.4 Å². The van der Waals surface area contributed by atoms with Gasteiger partial charge in [-0.15, -0.1) is 11.3 Å². The number of aliphatic carboxylic acids is 1. The molecule has 1 aromatic carbocycles. The van der Waals surface area contributed by atoms with Crippen molar-refractivity contribution in [3.05, 3.63) is 23.8 Å². The monoisotopic (exact) mass is 382 g/mol. The summed E-state index contributed by atoms with van der Waals surface area (Å²) in [6.45, 7) is 3.53. The quantitative estimate of drug-likeness (QED) is 0.673. The molecular weight excluding hydrogens is 364 g/mol. The minimum absolute atomic E-state index is 0.277. The Morgan fingerprint density at radius 1 is 1.32 bits per heavy atom. The highest BCUT2D eigenvalue weighted by atomic mass is 32.2. The second-order valence-electron chi connectivity index (χ2n) is 5.54. The van der Waals surface area contributed by atoms with E-state index < -0.39 is 23.3 Å². The Labute approximate surface area is 152 Å². The zero-order chi connectivity index (χ0) is 18.6. The van der Waals surface area contributed by atoms with E-state index in [1.54, 1.807) is 32.0 Å². The molecule has 0 radical (unpaired) electrons. The van der Waals surface area contributed by atoms with Crippen molar-refractivity contribution in [1.29, 1.82) is 0 Å². The number of nitrogens with two attached hydrogens (primary N) is 1. The first-order chi connectivity index (χ1) is 11.8. The largest absolute Gasteiger partial charge is 0.481 e. The van der Waals surface area contributed by atoms with Gasteiger partial charge in [0.15, 0.2) is 4.34 Å². The van der Waals surface area contributed by atoms with Gasteiger partial charge in [-0.25, -0.2) is 4.98 Å². The molecule has 1 amide bonds. The minimum atomic E-state index is -1.05. The lowest BCUT2D eigenvalue weighted by Gasteiger charge is -2.26. The fraction of sp³-hybridized carbons (Fsp3) is 0.375. The summed E-state index contributed by atoms with van der Waals surface area (Å²) in [6, 6.07) is 4.91. The number of carboxylic acids is 1. The van der Waals surface area contributed by atoms with Crippen LogP contribution >= 0.6 is 23.4 Å². The van der Waals surface area contributed by atoms with Gasteiger partial charge in [0.2, 0.25) is 5.91 Å². The smallest absolute Gasteiger partial charge is 0.325 e. The van der Waals surface area contributed by atoms with Gasteiger partial charge < -0.3 is 15.0 Å². The van der Waals surface area contributed by atoms with Crippen LogP contribution in [0.2, 0.25) is 0 Å². The molecule has 0 aliphatic heterocycles. The molecular formula is C16H18N2O5S2. The lowest BCUT2D eigenvalue weighted by atomic mass is 9.79. The van der Waals surface area contributed by atoms with Gasteiger partial charge >= 0.3 is 11.9 Å². The Kier molecular flexibility index (Phi) is 6.02. The summed E-state index contributed by atoms with van der Waals surface area (Å²) in [5, 5.41) is 9.05. The Morgan fingerprint density at radius 3 is 2.56 bits per heavy atom. The molecule has 0 aliphatic rings. The van der Waals surface area contributed by atoms with Crippen LogP contribution in [-0.4, -0.2) is 27.9 Å². The average molecular weight is 382 g/mol. The van der Waals surface area contributed by atoms with Gasteiger partial charge in [0.05, 0.1) is 22.1 Å². The number of carboxylic acid groups (broad SMARTS) is 1. The SMILES string of the molecule is CCC(CC)(CC(=O)O)C(=O)OSc1nc2cc(C(N)=O)ccc2s1. The fourth-order valence-electron chi connectivity index (χ4n) is 2.41. The third-order valence-electron chi connectivity index (χ3n) is 4.12. The first kappa shape index (κ1) is 19.2. The van der Waals surface area contributed by atoms with E-state index in [0.717, 1.165) is 16.7 Å². The molecule has 0 aliphatic carbocycles. The second-order valence-corrected chi connectivity index (χ2v) is 7.55. The van der Waals surface area contributed by atoms with E-state index in [4.69, 9.17) is 15.0 Å². The van der Waals surface area contributed by atoms with Gasteiger partial charge in [-0.2, -0.15) is 0 Å². The zero-order valence-corrected chi connectivity index (χ0v) is 15.4. The number of aromatic nitrogens is 1. The van der Waals surface area contributed by atoms with E-state index in [1.807, 2.05) is 0 Å². The molecule has 134 valence electrons. The number of hydrogen-bond donors (Lipinski definition) is 2. The van der Waals surface area contributed by atoms with Crippen molar-refractivity contribution < 1.29 is 23.7 Å². The summed E-state index contributed by atoms with van der Waals surface area (Å²) in [5.74, 6) is -2.15. The van der Waals surface area contributed by atoms with Gasteiger partial charge in [0.1, 0.15) is 12.0 Å². The molecule has 0 fully saturated rings. The number of fused-ring (bicyclic) bond motifs is 1. The molecule has 1 heterocycles. The lowest BCUT2D eigenvalue weighted by Crippen LogP contribution is -2.33. The van der Waals surface area contributed by atoms with Gasteiger partial charge in [0, 0.05) is 5.56 Å². The predicted molar refractivity (Wildman–Crippen MR) is 95.4 cm³/mol. The summed E-state index contributed by atoms with van der Waals surface area (Å²) >= 11 is 2.11. The summed E-state index contributed by atoms with van der Waals surface area (Å²) < 4.78 is 6.57. The molecule has 9 heteroatoms. The highest BCUT2D eigenvalue weighted by molar-refractivity contribution is 7.97. The van der Waals surface area contributed by atoms with Gasteiger partial charge in [0.25, 0.3) is 0 Å². The maximum absolute atomic E-state index is 12.4. The molecule has 2 rings (SSSR count). The van der Waals surface area contributed by atoms with E-state index in [2.05, 4.69) is 4.98 Å². The molecule has 3 N–H and O–H groups in total. The van der Waals surface area contributed by atoms with E-state index in [9.17, 15) is 14.4 Å². The van der Waals surface area contributed by atoms with E-state index >= 15 is 0 Å². The molecule has 7 nitrogen and oxygen atoms in total.